The normalized spacial score (nSPS) is 10.8. The topological polar surface area (TPSA) is 0 Å². The summed E-state index contributed by atoms with van der Waals surface area (Å²) in [5.74, 6) is -0.179. The van der Waals surface area contributed by atoms with Gasteiger partial charge in [-0.15, -0.1) is 0 Å². The predicted octanol–water partition coefficient (Wildman–Crippen LogP) is 5.22. The van der Waals surface area contributed by atoms with Crippen LogP contribution in [0.4, 0.5) is 4.39 Å². The van der Waals surface area contributed by atoms with Crippen molar-refractivity contribution >= 4 is 41.6 Å². The van der Waals surface area contributed by atoms with E-state index in [1.165, 1.54) is 6.07 Å². The molecule has 0 saturated heterocycles. The van der Waals surface area contributed by atoms with Gasteiger partial charge in [-0.3, -0.25) is 0 Å². The molecular formula is C12H8Br2FP. The summed E-state index contributed by atoms with van der Waals surface area (Å²) in [5, 5.41) is -0.113. The zero-order valence-electron chi connectivity index (χ0n) is 8.20. The third kappa shape index (κ3) is 2.53. The summed E-state index contributed by atoms with van der Waals surface area (Å²) < 4.78 is 13.7. The second-order valence-electron chi connectivity index (χ2n) is 3.23. The predicted molar refractivity (Wildman–Crippen MR) is 76.2 cm³/mol. The van der Waals surface area contributed by atoms with Gasteiger partial charge in [0.15, 0.2) is 0 Å². The Morgan fingerprint density at radius 3 is 2.19 bits per heavy atom. The van der Waals surface area contributed by atoms with Crippen LogP contribution in [0.2, 0.25) is 0 Å². The van der Waals surface area contributed by atoms with Crippen LogP contribution in [0.3, 0.4) is 0 Å². The summed E-state index contributed by atoms with van der Waals surface area (Å²) in [5.41, 5.74) is 1.96. The maximum atomic E-state index is 13.7. The lowest BCUT2D eigenvalue weighted by molar-refractivity contribution is 0.637. The molecule has 82 valence electrons. The van der Waals surface area contributed by atoms with Crippen molar-refractivity contribution in [1.29, 1.82) is 0 Å². The number of hydrogen-bond acceptors (Lipinski definition) is 0. The van der Waals surface area contributed by atoms with Crippen molar-refractivity contribution in [1.82, 2.24) is 0 Å². The Kier molecular flexibility index (Phi) is 4.12. The van der Waals surface area contributed by atoms with Crippen molar-refractivity contribution in [2.24, 2.45) is 0 Å². The fourth-order valence-electron chi connectivity index (χ4n) is 1.54. The molecule has 0 atom stereocenters. The Balaban J connectivity index is 2.61. The molecule has 0 radical (unpaired) electrons. The van der Waals surface area contributed by atoms with E-state index in [-0.39, 0.29) is 5.82 Å². The standard InChI is InChI=1S/C12H8Br2FP/c13-16(14)12-10(7-4-8-11(12)15)9-5-2-1-3-6-9/h1-8H. The Bertz CT molecular complexity index is 486. The first-order valence-electron chi connectivity index (χ1n) is 4.66. The molecule has 0 N–H and O–H groups in total. The van der Waals surface area contributed by atoms with Gasteiger partial charge in [-0.05, 0) is 48.2 Å². The van der Waals surface area contributed by atoms with Crippen molar-refractivity contribution in [3.63, 3.8) is 0 Å². The highest BCUT2D eigenvalue weighted by molar-refractivity contribution is 9.70. The SMILES string of the molecule is Fc1cccc(-c2ccccc2)c1P(Br)Br. The van der Waals surface area contributed by atoms with Crippen LogP contribution in [0.25, 0.3) is 11.1 Å². The molecule has 0 aliphatic carbocycles. The van der Waals surface area contributed by atoms with Gasteiger partial charge in [0.25, 0.3) is 0 Å². The summed E-state index contributed by atoms with van der Waals surface area (Å²) in [4.78, 5) is 0. The largest absolute Gasteiger partial charge is 0.206 e. The van der Waals surface area contributed by atoms with E-state index >= 15 is 0 Å². The fraction of sp³-hybridized carbons (Fsp3) is 0. The van der Waals surface area contributed by atoms with Crippen LogP contribution in [0.5, 0.6) is 0 Å². The second-order valence-corrected chi connectivity index (χ2v) is 11.3. The average molecular weight is 362 g/mol. The maximum absolute atomic E-state index is 13.7. The summed E-state index contributed by atoms with van der Waals surface area (Å²) in [6.45, 7) is 0. The highest BCUT2D eigenvalue weighted by Gasteiger charge is 2.15. The quantitative estimate of drug-likeness (QED) is 0.643. The van der Waals surface area contributed by atoms with Crippen molar-refractivity contribution in [3.05, 3.63) is 54.3 Å². The second kappa shape index (κ2) is 5.39. The van der Waals surface area contributed by atoms with Crippen LogP contribution in [0, 0.1) is 5.82 Å². The van der Waals surface area contributed by atoms with E-state index < -0.39 is 5.33 Å². The third-order valence-corrected chi connectivity index (χ3v) is 5.16. The minimum Gasteiger partial charge on any atom is -0.206 e. The fourth-order valence-corrected chi connectivity index (χ4v) is 4.32. The first-order valence-corrected chi connectivity index (χ1v) is 10.0. The van der Waals surface area contributed by atoms with Crippen LogP contribution in [0.1, 0.15) is 0 Å². The molecule has 0 fully saturated rings. The highest BCUT2D eigenvalue weighted by Crippen LogP contribution is 2.53. The minimum atomic E-state index is -0.811. The molecule has 2 aromatic carbocycles. The minimum absolute atomic E-state index is 0.179. The molecule has 0 spiro atoms. The van der Waals surface area contributed by atoms with E-state index in [1.807, 2.05) is 36.4 Å². The van der Waals surface area contributed by atoms with Gasteiger partial charge in [0.1, 0.15) is 5.82 Å². The molecular weight excluding hydrogens is 354 g/mol. The van der Waals surface area contributed by atoms with Gasteiger partial charge in [0.2, 0.25) is 0 Å². The van der Waals surface area contributed by atoms with Crippen LogP contribution >= 0.6 is 36.3 Å². The summed E-state index contributed by atoms with van der Waals surface area (Å²) in [6, 6.07) is 15.0. The summed E-state index contributed by atoms with van der Waals surface area (Å²) >= 11 is 6.85. The van der Waals surface area contributed by atoms with Gasteiger partial charge < -0.3 is 0 Å². The molecule has 0 amide bonds. The lowest BCUT2D eigenvalue weighted by Gasteiger charge is -2.11. The zero-order chi connectivity index (χ0) is 11.5. The first-order chi connectivity index (χ1) is 7.70. The monoisotopic (exact) mass is 360 g/mol. The van der Waals surface area contributed by atoms with Crippen LogP contribution in [-0.4, -0.2) is 0 Å². The number of halogens is 3. The number of rotatable bonds is 2. The van der Waals surface area contributed by atoms with Crippen molar-refractivity contribution < 1.29 is 4.39 Å². The molecule has 0 aromatic heterocycles. The Labute approximate surface area is 111 Å². The Hall–Kier alpha value is -0.240. The molecule has 4 heteroatoms. The molecule has 2 rings (SSSR count). The molecule has 0 heterocycles. The maximum Gasteiger partial charge on any atom is 0.133 e. The summed E-state index contributed by atoms with van der Waals surface area (Å²) in [6.07, 6.45) is 0. The van der Waals surface area contributed by atoms with E-state index in [0.717, 1.165) is 11.1 Å². The van der Waals surface area contributed by atoms with Crippen molar-refractivity contribution in [2.45, 2.75) is 0 Å². The Morgan fingerprint density at radius 1 is 0.875 bits per heavy atom. The van der Waals surface area contributed by atoms with E-state index in [1.54, 1.807) is 6.07 Å². The van der Waals surface area contributed by atoms with Crippen molar-refractivity contribution in [3.8, 4) is 11.1 Å². The third-order valence-electron chi connectivity index (χ3n) is 2.24. The van der Waals surface area contributed by atoms with Crippen LogP contribution in [0.15, 0.2) is 48.5 Å². The van der Waals surface area contributed by atoms with Gasteiger partial charge in [0.05, 0.1) is 5.33 Å². The van der Waals surface area contributed by atoms with E-state index in [4.69, 9.17) is 0 Å². The molecule has 16 heavy (non-hydrogen) atoms. The lowest BCUT2D eigenvalue weighted by atomic mass is 10.1. The molecule has 0 aliphatic rings. The lowest BCUT2D eigenvalue weighted by Crippen LogP contribution is -2.05. The molecule has 0 bridgehead atoms. The average Bonchev–Trinajstić information content (AvgIpc) is 2.29. The van der Waals surface area contributed by atoms with Gasteiger partial charge in [-0.2, -0.15) is 0 Å². The van der Waals surface area contributed by atoms with Gasteiger partial charge in [0, 0.05) is 5.30 Å². The zero-order valence-corrected chi connectivity index (χ0v) is 12.3. The summed E-state index contributed by atoms with van der Waals surface area (Å²) in [7, 11) is 0. The molecule has 2 aromatic rings. The van der Waals surface area contributed by atoms with E-state index in [9.17, 15) is 4.39 Å². The number of benzene rings is 2. The van der Waals surface area contributed by atoms with Gasteiger partial charge in [-0.1, -0.05) is 42.5 Å². The molecule has 0 saturated carbocycles. The molecule has 0 aliphatic heterocycles. The van der Waals surface area contributed by atoms with Gasteiger partial charge >= 0.3 is 0 Å². The van der Waals surface area contributed by atoms with Crippen molar-refractivity contribution in [2.75, 3.05) is 0 Å². The smallest absolute Gasteiger partial charge is 0.133 e. The number of hydrogen-bond donors (Lipinski definition) is 0. The van der Waals surface area contributed by atoms with Crippen LogP contribution < -0.4 is 5.30 Å². The van der Waals surface area contributed by atoms with Crippen LogP contribution in [-0.2, 0) is 0 Å². The highest BCUT2D eigenvalue weighted by atomic mass is 79.9. The molecule has 0 unspecified atom stereocenters. The van der Waals surface area contributed by atoms with E-state index in [2.05, 4.69) is 31.0 Å². The molecule has 0 nitrogen and oxygen atoms in total. The Morgan fingerprint density at radius 2 is 1.56 bits per heavy atom. The van der Waals surface area contributed by atoms with E-state index in [0.29, 0.717) is 5.30 Å². The van der Waals surface area contributed by atoms with Gasteiger partial charge in [-0.25, -0.2) is 4.39 Å². The first kappa shape index (κ1) is 12.2.